The lowest BCUT2D eigenvalue weighted by Crippen LogP contribution is -2.40. The Hall–Kier alpha value is -2.90. The molecule has 8 nitrogen and oxygen atoms in total. The number of hydrogen-bond donors (Lipinski definition) is 2. The van der Waals surface area contributed by atoms with Crippen LogP contribution in [0.5, 0.6) is 0 Å². The van der Waals surface area contributed by atoms with Crippen LogP contribution in [0.25, 0.3) is 10.9 Å². The van der Waals surface area contributed by atoms with Gasteiger partial charge >= 0.3 is 11.7 Å². The third-order valence-electron chi connectivity index (χ3n) is 4.34. The molecular formula is C16H17N3O5. The van der Waals surface area contributed by atoms with Crippen molar-refractivity contribution in [3.63, 3.8) is 0 Å². The van der Waals surface area contributed by atoms with Gasteiger partial charge in [0, 0.05) is 18.7 Å². The molecule has 1 aliphatic rings. The van der Waals surface area contributed by atoms with E-state index in [9.17, 15) is 24.3 Å². The van der Waals surface area contributed by atoms with Crippen LogP contribution in [0.4, 0.5) is 0 Å². The van der Waals surface area contributed by atoms with Crippen LogP contribution in [0.3, 0.4) is 0 Å². The number of carboxylic acid groups (broad SMARTS) is 1. The summed E-state index contributed by atoms with van der Waals surface area (Å²) in [5.74, 6) is -1.44. The van der Waals surface area contributed by atoms with E-state index in [1.165, 1.54) is 23.1 Å². The van der Waals surface area contributed by atoms with E-state index in [1.807, 2.05) is 0 Å². The van der Waals surface area contributed by atoms with Crippen molar-refractivity contribution in [2.75, 3.05) is 6.54 Å². The van der Waals surface area contributed by atoms with Crippen LogP contribution in [0.1, 0.15) is 30.1 Å². The Kier molecular flexibility index (Phi) is 3.96. The van der Waals surface area contributed by atoms with E-state index in [4.69, 9.17) is 0 Å². The highest BCUT2D eigenvalue weighted by atomic mass is 16.4. The number of carbonyl (C=O) groups is 2. The van der Waals surface area contributed by atoms with Gasteiger partial charge in [-0.05, 0) is 38.0 Å². The zero-order chi connectivity index (χ0) is 17.4. The number of aromatic nitrogens is 2. The predicted molar refractivity (Wildman–Crippen MR) is 86.2 cm³/mol. The second-order valence-corrected chi connectivity index (χ2v) is 5.73. The van der Waals surface area contributed by atoms with Gasteiger partial charge in [0.15, 0.2) is 0 Å². The largest absolute Gasteiger partial charge is 0.480 e. The Bertz CT molecular complexity index is 943. The first-order valence-corrected chi connectivity index (χ1v) is 7.74. The number of carbonyl (C=O) groups excluding carboxylic acids is 1. The Morgan fingerprint density at radius 2 is 2.08 bits per heavy atom. The summed E-state index contributed by atoms with van der Waals surface area (Å²) in [6.07, 6.45) is 1.06. The van der Waals surface area contributed by atoms with Gasteiger partial charge in [0.05, 0.1) is 10.9 Å². The van der Waals surface area contributed by atoms with Gasteiger partial charge in [0.25, 0.3) is 11.5 Å². The first-order valence-electron chi connectivity index (χ1n) is 7.74. The summed E-state index contributed by atoms with van der Waals surface area (Å²) in [7, 11) is 0. The molecule has 1 aromatic carbocycles. The number of amides is 1. The highest BCUT2D eigenvalue weighted by Gasteiger charge is 2.34. The van der Waals surface area contributed by atoms with Gasteiger partial charge < -0.3 is 15.0 Å². The molecule has 1 aromatic heterocycles. The number of hydrogen-bond acceptors (Lipinski definition) is 4. The number of carboxylic acids is 1. The second kappa shape index (κ2) is 5.95. The maximum absolute atomic E-state index is 12.6. The third-order valence-corrected chi connectivity index (χ3v) is 4.34. The minimum atomic E-state index is -1.03. The van der Waals surface area contributed by atoms with Crippen LogP contribution in [0, 0.1) is 0 Å². The quantitative estimate of drug-likeness (QED) is 0.845. The molecule has 2 aromatic rings. The molecule has 1 fully saturated rings. The van der Waals surface area contributed by atoms with Crippen molar-refractivity contribution in [1.82, 2.24) is 14.5 Å². The molecule has 1 atom stereocenters. The Labute approximate surface area is 136 Å². The number of aromatic amines is 1. The molecule has 1 saturated heterocycles. The minimum absolute atomic E-state index is 0.249. The molecule has 3 rings (SSSR count). The van der Waals surface area contributed by atoms with Gasteiger partial charge in [0.1, 0.15) is 6.04 Å². The Balaban J connectivity index is 2.05. The molecule has 2 N–H and O–H groups in total. The highest BCUT2D eigenvalue weighted by Crippen LogP contribution is 2.21. The summed E-state index contributed by atoms with van der Waals surface area (Å²) < 4.78 is 1.07. The number of nitrogens with one attached hydrogen (secondary N) is 1. The fourth-order valence-corrected chi connectivity index (χ4v) is 3.11. The molecule has 24 heavy (non-hydrogen) atoms. The Morgan fingerprint density at radius 3 is 2.75 bits per heavy atom. The lowest BCUT2D eigenvalue weighted by atomic mass is 10.1. The van der Waals surface area contributed by atoms with E-state index in [0.29, 0.717) is 24.8 Å². The molecule has 0 spiro atoms. The smallest absolute Gasteiger partial charge is 0.328 e. The topological polar surface area (TPSA) is 112 Å². The van der Waals surface area contributed by atoms with Crippen LogP contribution in [0.2, 0.25) is 0 Å². The molecule has 126 valence electrons. The van der Waals surface area contributed by atoms with Crippen molar-refractivity contribution in [2.24, 2.45) is 0 Å². The van der Waals surface area contributed by atoms with Crippen molar-refractivity contribution in [3.8, 4) is 0 Å². The van der Waals surface area contributed by atoms with Crippen LogP contribution < -0.4 is 11.2 Å². The summed E-state index contributed by atoms with van der Waals surface area (Å²) in [6.45, 7) is 2.32. The number of benzene rings is 1. The van der Waals surface area contributed by atoms with Crippen LogP contribution in [-0.2, 0) is 11.3 Å². The van der Waals surface area contributed by atoms with E-state index in [-0.39, 0.29) is 17.6 Å². The molecule has 0 saturated carbocycles. The summed E-state index contributed by atoms with van der Waals surface area (Å²) in [5.41, 5.74) is -0.435. The summed E-state index contributed by atoms with van der Waals surface area (Å²) in [6, 6.07) is 3.57. The molecule has 1 aliphatic heterocycles. The lowest BCUT2D eigenvalue weighted by Gasteiger charge is -2.21. The highest BCUT2D eigenvalue weighted by molar-refractivity contribution is 5.99. The fourth-order valence-electron chi connectivity index (χ4n) is 3.11. The van der Waals surface area contributed by atoms with E-state index >= 15 is 0 Å². The third kappa shape index (κ3) is 2.49. The van der Waals surface area contributed by atoms with E-state index in [1.54, 1.807) is 6.92 Å². The zero-order valence-electron chi connectivity index (χ0n) is 13.1. The summed E-state index contributed by atoms with van der Waals surface area (Å²) >= 11 is 0. The molecule has 8 heteroatoms. The fraction of sp³-hybridized carbons (Fsp3) is 0.375. The second-order valence-electron chi connectivity index (χ2n) is 5.73. The van der Waals surface area contributed by atoms with Gasteiger partial charge in [-0.3, -0.25) is 14.2 Å². The maximum atomic E-state index is 12.6. The van der Waals surface area contributed by atoms with E-state index < -0.39 is 29.2 Å². The van der Waals surface area contributed by atoms with Crippen molar-refractivity contribution in [2.45, 2.75) is 32.4 Å². The molecule has 1 amide bonds. The number of likely N-dealkylation sites (tertiary alicyclic amines) is 1. The molecular weight excluding hydrogens is 314 g/mol. The van der Waals surface area contributed by atoms with Gasteiger partial charge in [-0.25, -0.2) is 9.59 Å². The number of nitrogens with zero attached hydrogens (tertiary/aromatic N) is 2. The molecule has 0 aliphatic carbocycles. The van der Waals surface area contributed by atoms with Gasteiger partial charge in [-0.1, -0.05) is 0 Å². The van der Waals surface area contributed by atoms with Gasteiger partial charge in [-0.2, -0.15) is 0 Å². The number of aliphatic carboxylic acids is 1. The first-order chi connectivity index (χ1) is 11.4. The Morgan fingerprint density at radius 1 is 1.33 bits per heavy atom. The molecule has 0 unspecified atom stereocenters. The molecule has 0 radical (unpaired) electrons. The average molecular weight is 331 g/mol. The number of rotatable bonds is 3. The predicted octanol–water partition coefficient (Wildman–Crippen LogP) is 0.399. The number of H-pyrrole nitrogens is 1. The van der Waals surface area contributed by atoms with Gasteiger partial charge in [0.2, 0.25) is 0 Å². The summed E-state index contributed by atoms with van der Waals surface area (Å²) in [4.78, 5) is 51.9. The van der Waals surface area contributed by atoms with Crippen LogP contribution >= 0.6 is 0 Å². The van der Waals surface area contributed by atoms with Crippen LogP contribution in [-0.4, -0.2) is 44.0 Å². The SMILES string of the molecule is CCn1c(=O)[nH]c2cc(C(=O)N3CCC[C@H]3C(=O)O)ccc2c1=O. The number of fused-ring (bicyclic) bond motifs is 1. The van der Waals surface area contributed by atoms with Crippen molar-refractivity contribution >= 4 is 22.8 Å². The zero-order valence-corrected chi connectivity index (χ0v) is 13.1. The van der Waals surface area contributed by atoms with E-state index in [0.717, 1.165) is 4.57 Å². The maximum Gasteiger partial charge on any atom is 0.328 e. The van der Waals surface area contributed by atoms with Crippen molar-refractivity contribution in [1.29, 1.82) is 0 Å². The molecule has 2 heterocycles. The van der Waals surface area contributed by atoms with Crippen molar-refractivity contribution in [3.05, 3.63) is 44.6 Å². The minimum Gasteiger partial charge on any atom is -0.480 e. The normalized spacial score (nSPS) is 17.4. The standard InChI is InChI=1S/C16H17N3O5/c1-2-18-14(21)10-6-5-9(8-11(10)17-16(18)24)13(20)19-7-3-4-12(19)15(22)23/h5-6,8,12H,2-4,7H2,1H3,(H,17,24)(H,22,23)/t12-/m0/s1. The summed E-state index contributed by atoms with van der Waals surface area (Å²) in [5, 5.41) is 9.51. The lowest BCUT2D eigenvalue weighted by molar-refractivity contribution is -0.141. The van der Waals surface area contributed by atoms with Crippen LogP contribution in [0.15, 0.2) is 27.8 Å². The molecule has 0 bridgehead atoms. The monoisotopic (exact) mass is 331 g/mol. The average Bonchev–Trinajstić information content (AvgIpc) is 3.03. The first kappa shape index (κ1) is 16.0. The van der Waals surface area contributed by atoms with E-state index in [2.05, 4.69) is 4.98 Å². The van der Waals surface area contributed by atoms with Gasteiger partial charge in [-0.15, -0.1) is 0 Å². The van der Waals surface area contributed by atoms with Crippen molar-refractivity contribution < 1.29 is 14.7 Å².